The second-order valence-electron chi connectivity index (χ2n) is 5.51. The molecule has 0 bridgehead atoms. The normalized spacial score (nSPS) is 13.6. The Bertz CT molecular complexity index is 531. The highest BCUT2D eigenvalue weighted by atomic mass is 35.5. The molecule has 1 N–H and O–H groups in total. The van der Waals surface area contributed by atoms with Gasteiger partial charge in [0.2, 0.25) is 0 Å². The maximum absolute atomic E-state index is 11.4. The number of hydrogen-bond donors (Lipinski definition) is 1. The molecule has 0 aliphatic carbocycles. The second kappa shape index (κ2) is 9.21. The number of hydrogen-bond acceptors (Lipinski definition) is 3. The van der Waals surface area contributed by atoms with Crippen molar-refractivity contribution in [3.8, 4) is 0 Å². The van der Waals surface area contributed by atoms with Crippen LogP contribution >= 0.6 is 23.4 Å². The minimum absolute atomic E-state index is 0.0660. The summed E-state index contributed by atoms with van der Waals surface area (Å²) in [5.41, 5.74) is 2.09. The number of halogens is 1. The molecule has 2 unspecified atom stereocenters. The van der Waals surface area contributed by atoms with E-state index in [0.29, 0.717) is 6.42 Å². The molecule has 0 radical (unpaired) electrons. The van der Waals surface area contributed by atoms with Crippen LogP contribution in [0.1, 0.15) is 44.7 Å². The van der Waals surface area contributed by atoms with Crippen molar-refractivity contribution < 1.29 is 14.7 Å². The van der Waals surface area contributed by atoms with E-state index >= 15 is 0 Å². The van der Waals surface area contributed by atoms with E-state index in [2.05, 4.69) is 6.92 Å². The Balaban J connectivity index is 2.86. The number of carbonyl (C=O) groups is 2. The molecular weight excluding hydrogens is 320 g/mol. The molecule has 0 fully saturated rings. The van der Waals surface area contributed by atoms with Crippen LogP contribution in [0.25, 0.3) is 0 Å². The zero-order valence-electron chi connectivity index (χ0n) is 13.3. The van der Waals surface area contributed by atoms with Crippen molar-refractivity contribution >= 4 is 34.4 Å². The summed E-state index contributed by atoms with van der Waals surface area (Å²) in [6.45, 7) is 5.24. The number of carboxylic acids is 1. The quantitative estimate of drug-likeness (QED) is 0.750. The Morgan fingerprint density at radius 2 is 2.05 bits per heavy atom. The molecule has 0 aromatic heterocycles. The SMILES string of the molecule is CCCCc1ccc(CC(SC(C)=O)C(C)C(=O)O)cc1Cl. The summed E-state index contributed by atoms with van der Waals surface area (Å²) in [6.07, 6.45) is 3.68. The molecule has 1 aromatic carbocycles. The average molecular weight is 343 g/mol. The van der Waals surface area contributed by atoms with Gasteiger partial charge < -0.3 is 5.11 Å². The molecular formula is C17H23ClO3S. The van der Waals surface area contributed by atoms with Crippen molar-refractivity contribution in [3.63, 3.8) is 0 Å². The van der Waals surface area contributed by atoms with Crippen LogP contribution in [0.15, 0.2) is 18.2 Å². The Morgan fingerprint density at radius 1 is 1.36 bits per heavy atom. The third-order valence-electron chi connectivity index (χ3n) is 3.62. The van der Waals surface area contributed by atoms with E-state index in [0.717, 1.165) is 47.2 Å². The van der Waals surface area contributed by atoms with Crippen molar-refractivity contribution in [1.29, 1.82) is 0 Å². The van der Waals surface area contributed by atoms with E-state index < -0.39 is 11.9 Å². The van der Waals surface area contributed by atoms with E-state index in [1.54, 1.807) is 6.92 Å². The first-order valence-corrected chi connectivity index (χ1v) is 8.78. The number of benzene rings is 1. The summed E-state index contributed by atoms with van der Waals surface area (Å²) < 4.78 is 0. The number of aryl methyl sites for hydroxylation is 1. The number of carboxylic acid groups (broad SMARTS) is 1. The molecule has 0 saturated heterocycles. The first-order valence-electron chi connectivity index (χ1n) is 7.52. The van der Waals surface area contributed by atoms with Crippen molar-refractivity contribution in [1.82, 2.24) is 0 Å². The van der Waals surface area contributed by atoms with E-state index in [1.165, 1.54) is 6.92 Å². The van der Waals surface area contributed by atoms with Gasteiger partial charge in [-0.25, -0.2) is 0 Å². The third kappa shape index (κ3) is 6.01. The highest BCUT2D eigenvalue weighted by Crippen LogP contribution is 2.27. The summed E-state index contributed by atoms with van der Waals surface area (Å²) in [6, 6.07) is 5.89. The molecule has 0 heterocycles. The molecule has 1 aromatic rings. The summed E-state index contributed by atoms with van der Waals surface area (Å²) in [5, 5.41) is 9.56. The lowest BCUT2D eigenvalue weighted by Gasteiger charge is -2.19. The largest absolute Gasteiger partial charge is 0.481 e. The van der Waals surface area contributed by atoms with Gasteiger partial charge in [0.05, 0.1) is 5.92 Å². The summed E-state index contributed by atoms with van der Waals surface area (Å²) in [7, 11) is 0. The van der Waals surface area contributed by atoms with Crippen LogP contribution in [-0.2, 0) is 22.4 Å². The number of unbranched alkanes of at least 4 members (excludes halogenated alkanes) is 1. The van der Waals surface area contributed by atoms with E-state index in [-0.39, 0.29) is 10.4 Å². The lowest BCUT2D eigenvalue weighted by atomic mass is 9.98. The number of aliphatic carboxylic acids is 1. The van der Waals surface area contributed by atoms with E-state index in [1.807, 2.05) is 18.2 Å². The third-order valence-corrected chi connectivity index (χ3v) is 5.18. The highest BCUT2D eigenvalue weighted by molar-refractivity contribution is 8.14. The molecule has 0 spiro atoms. The Kier molecular flexibility index (Phi) is 7.97. The van der Waals surface area contributed by atoms with Gasteiger partial charge in [-0.1, -0.05) is 55.8 Å². The molecule has 1 rings (SSSR count). The smallest absolute Gasteiger partial charge is 0.307 e. The minimum atomic E-state index is -0.885. The van der Waals surface area contributed by atoms with Crippen molar-refractivity contribution in [3.05, 3.63) is 34.3 Å². The molecule has 0 aliphatic rings. The topological polar surface area (TPSA) is 54.4 Å². The van der Waals surface area contributed by atoms with Crippen LogP contribution in [0.4, 0.5) is 0 Å². The van der Waals surface area contributed by atoms with Crippen LogP contribution in [0, 0.1) is 5.92 Å². The predicted octanol–water partition coefficient (Wildman–Crippen LogP) is 4.59. The maximum Gasteiger partial charge on any atom is 0.307 e. The number of thioether (sulfide) groups is 1. The van der Waals surface area contributed by atoms with Gasteiger partial charge in [-0.3, -0.25) is 9.59 Å². The summed E-state index contributed by atoms with van der Waals surface area (Å²) in [4.78, 5) is 22.6. The van der Waals surface area contributed by atoms with Crippen molar-refractivity contribution in [2.24, 2.45) is 5.92 Å². The van der Waals surface area contributed by atoms with E-state index in [4.69, 9.17) is 11.6 Å². The van der Waals surface area contributed by atoms with Gasteiger partial charge in [0, 0.05) is 17.2 Å². The lowest BCUT2D eigenvalue weighted by Crippen LogP contribution is -2.26. The van der Waals surface area contributed by atoms with Crippen molar-refractivity contribution in [2.75, 3.05) is 0 Å². The van der Waals surface area contributed by atoms with Crippen molar-refractivity contribution in [2.45, 2.75) is 51.7 Å². The maximum atomic E-state index is 11.4. The van der Waals surface area contributed by atoms with Crippen LogP contribution in [0.5, 0.6) is 0 Å². The van der Waals surface area contributed by atoms with Crippen LogP contribution < -0.4 is 0 Å². The molecule has 2 atom stereocenters. The standard InChI is InChI=1S/C17H23ClO3S/c1-4-5-6-14-8-7-13(9-15(14)18)10-16(22-12(3)19)11(2)17(20)21/h7-9,11,16H,4-6,10H2,1-3H3,(H,20,21). The second-order valence-corrected chi connectivity index (χ2v) is 7.33. The fraction of sp³-hybridized carbons (Fsp3) is 0.529. The van der Waals surface area contributed by atoms with Crippen LogP contribution in [0.3, 0.4) is 0 Å². The van der Waals surface area contributed by atoms with Gasteiger partial charge in [0.25, 0.3) is 0 Å². The summed E-state index contributed by atoms with van der Waals surface area (Å²) >= 11 is 7.40. The monoisotopic (exact) mass is 342 g/mol. The van der Waals surface area contributed by atoms with Gasteiger partial charge >= 0.3 is 5.97 Å². The number of rotatable bonds is 8. The lowest BCUT2D eigenvalue weighted by molar-refractivity contribution is -0.141. The average Bonchev–Trinajstić information content (AvgIpc) is 2.44. The molecule has 5 heteroatoms. The number of carbonyl (C=O) groups excluding carboxylic acids is 1. The molecule has 3 nitrogen and oxygen atoms in total. The Hall–Kier alpha value is -1.00. The van der Waals surface area contributed by atoms with Crippen LogP contribution in [0.2, 0.25) is 5.02 Å². The highest BCUT2D eigenvalue weighted by Gasteiger charge is 2.26. The minimum Gasteiger partial charge on any atom is -0.481 e. The fourth-order valence-electron chi connectivity index (χ4n) is 2.21. The molecule has 22 heavy (non-hydrogen) atoms. The van der Waals surface area contributed by atoms with Gasteiger partial charge in [0.15, 0.2) is 5.12 Å². The molecule has 122 valence electrons. The molecule has 0 saturated carbocycles. The fourth-order valence-corrected chi connectivity index (χ4v) is 3.53. The molecule has 0 aliphatic heterocycles. The van der Waals surface area contributed by atoms with Crippen LogP contribution in [-0.4, -0.2) is 21.4 Å². The summed E-state index contributed by atoms with van der Waals surface area (Å²) in [5.74, 6) is -1.48. The first kappa shape index (κ1) is 19.0. The van der Waals surface area contributed by atoms with Gasteiger partial charge in [-0.2, -0.15) is 0 Å². The zero-order chi connectivity index (χ0) is 16.7. The van der Waals surface area contributed by atoms with Gasteiger partial charge in [-0.15, -0.1) is 0 Å². The zero-order valence-corrected chi connectivity index (χ0v) is 14.8. The van der Waals surface area contributed by atoms with Gasteiger partial charge in [0.1, 0.15) is 0 Å². The Labute approximate surface area is 141 Å². The first-order chi connectivity index (χ1) is 10.3. The Morgan fingerprint density at radius 3 is 2.55 bits per heavy atom. The predicted molar refractivity (Wildman–Crippen MR) is 92.6 cm³/mol. The van der Waals surface area contributed by atoms with E-state index in [9.17, 15) is 14.7 Å². The molecule has 0 amide bonds. The van der Waals surface area contributed by atoms with Gasteiger partial charge in [-0.05, 0) is 36.5 Å².